The van der Waals surface area contributed by atoms with Gasteiger partial charge in [-0.25, -0.2) is 4.98 Å². The van der Waals surface area contributed by atoms with Crippen LogP contribution in [0.15, 0.2) is 84.9 Å². The van der Waals surface area contributed by atoms with Crippen molar-refractivity contribution >= 4 is 17.2 Å². The van der Waals surface area contributed by atoms with Gasteiger partial charge in [0.05, 0.1) is 18.2 Å². The Labute approximate surface area is 181 Å². The zero-order chi connectivity index (χ0) is 20.9. The highest BCUT2D eigenvalue weighted by Crippen LogP contribution is 2.30. The first-order chi connectivity index (χ1) is 14.6. The van der Waals surface area contributed by atoms with Crippen LogP contribution in [0.1, 0.15) is 33.2 Å². The van der Waals surface area contributed by atoms with E-state index >= 15 is 0 Å². The van der Waals surface area contributed by atoms with Gasteiger partial charge >= 0.3 is 0 Å². The standard InChI is InChI=1S/C26H24N2OS/c1-18-11-9-10-16-22(18)26-28-19(2)23(30-26)17-27-25(29)24(20-12-5-3-6-13-20)21-14-7-4-8-15-21/h3-16,24H,17H2,1-2H3,(H,27,29). The Morgan fingerprint density at radius 1 is 0.867 bits per heavy atom. The Morgan fingerprint density at radius 3 is 2.03 bits per heavy atom. The first kappa shape index (κ1) is 20.0. The fourth-order valence-electron chi connectivity index (χ4n) is 3.58. The molecular weight excluding hydrogens is 388 g/mol. The lowest BCUT2D eigenvalue weighted by Gasteiger charge is -2.17. The van der Waals surface area contributed by atoms with Gasteiger partial charge in [0.1, 0.15) is 5.01 Å². The van der Waals surface area contributed by atoms with Crippen LogP contribution in [0.5, 0.6) is 0 Å². The van der Waals surface area contributed by atoms with Crippen molar-refractivity contribution in [2.45, 2.75) is 26.3 Å². The van der Waals surface area contributed by atoms with E-state index in [4.69, 9.17) is 4.98 Å². The van der Waals surface area contributed by atoms with E-state index in [9.17, 15) is 4.79 Å². The van der Waals surface area contributed by atoms with Crippen LogP contribution in [0.4, 0.5) is 0 Å². The largest absolute Gasteiger partial charge is 0.350 e. The van der Waals surface area contributed by atoms with Crippen molar-refractivity contribution < 1.29 is 4.79 Å². The zero-order valence-corrected chi connectivity index (χ0v) is 17.9. The van der Waals surface area contributed by atoms with Gasteiger partial charge in [0, 0.05) is 10.4 Å². The summed E-state index contributed by atoms with van der Waals surface area (Å²) in [5.41, 5.74) is 5.30. The topological polar surface area (TPSA) is 42.0 Å². The Balaban J connectivity index is 1.55. The second-order valence-corrected chi connectivity index (χ2v) is 8.40. The number of hydrogen-bond donors (Lipinski definition) is 1. The molecule has 0 radical (unpaired) electrons. The summed E-state index contributed by atoms with van der Waals surface area (Å²) in [6.45, 7) is 4.58. The molecule has 4 aromatic rings. The summed E-state index contributed by atoms with van der Waals surface area (Å²) in [6, 6.07) is 28.1. The van der Waals surface area contributed by atoms with Crippen LogP contribution in [-0.2, 0) is 11.3 Å². The van der Waals surface area contributed by atoms with Gasteiger partial charge in [-0.2, -0.15) is 0 Å². The molecule has 3 aromatic carbocycles. The number of hydrogen-bond acceptors (Lipinski definition) is 3. The normalized spacial score (nSPS) is 10.9. The Morgan fingerprint density at radius 2 is 1.43 bits per heavy atom. The molecule has 0 bridgehead atoms. The molecule has 1 heterocycles. The third-order valence-corrected chi connectivity index (χ3v) is 6.41. The van der Waals surface area contributed by atoms with E-state index in [0.717, 1.165) is 32.3 Å². The van der Waals surface area contributed by atoms with Crippen LogP contribution in [0, 0.1) is 13.8 Å². The Kier molecular flexibility index (Phi) is 6.05. The highest BCUT2D eigenvalue weighted by atomic mass is 32.1. The van der Waals surface area contributed by atoms with Crippen LogP contribution in [-0.4, -0.2) is 10.9 Å². The zero-order valence-electron chi connectivity index (χ0n) is 17.1. The molecule has 0 saturated carbocycles. The molecule has 0 aliphatic heterocycles. The fraction of sp³-hybridized carbons (Fsp3) is 0.154. The number of nitrogens with one attached hydrogen (secondary N) is 1. The van der Waals surface area contributed by atoms with Gasteiger partial charge in [-0.15, -0.1) is 11.3 Å². The van der Waals surface area contributed by atoms with Gasteiger partial charge in [0.15, 0.2) is 0 Å². The molecular formula is C26H24N2OS. The van der Waals surface area contributed by atoms with E-state index in [0.29, 0.717) is 6.54 Å². The summed E-state index contributed by atoms with van der Waals surface area (Å²) in [5, 5.41) is 4.15. The number of thiazole rings is 1. The number of rotatable bonds is 6. The molecule has 0 fully saturated rings. The van der Waals surface area contributed by atoms with E-state index in [1.165, 1.54) is 5.56 Å². The fourth-order valence-corrected chi connectivity index (χ4v) is 4.67. The third-order valence-electron chi connectivity index (χ3n) is 5.22. The highest BCUT2D eigenvalue weighted by molar-refractivity contribution is 7.15. The van der Waals surface area contributed by atoms with Crippen molar-refractivity contribution in [1.82, 2.24) is 10.3 Å². The molecule has 1 aromatic heterocycles. The van der Waals surface area contributed by atoms with Gasteiger partial charge in [0.2, 0.25) is 5.91 Å². The van der Waals surface area contributed by atoms with Crippen LogP contribution in [0.25, 0.3) is 10.6 Å². The average Bonchev–Trinajstić information content (AvgIpc) is 3.14. The lowest BCUT2D eigenvalue weighted by atomic mass is 9.90. The number of nitrogens with zero attached hydrogens (tertiary/aromatic N) is 1. The molecule has 150 valence electrons. The molecule has 4 rings (SSSR count). The number of carbonyl (C=O) groups excluding carboxylic acids is 1. The predicted octanol–water partition coefficient (Wildman–Crippen LogP) is 5.88. The van der Waals surface area contributed by atoms with Crippen LogP contribution in [0.2, 0.25) is 0 Å². The quantitative estimate of drug-likeness (QED) is 0.430. The smallest absolute Gasteiger partial charge is 0.232 e. The Hall–Kier alpha value is -3.24. The van der Waals surface area contributed by atoms with E-state index in [1.54, 1.807) is 11.3 Å². The van der Waals surface area contributed by atoms with Crippen LogP contribution in [0.3, 0.4) is 0 Å². The number of carbonyl (C=O) groups is 1. The van der Waals surface area contributed by atoms with Gasteiger partial charge in [-0.05, 0) is 30.5 Å². The molecule has 1 N–H and O–H groups in total. The maximum absolute atomic E-state index is 13.2. The average molecular weight is 413 g/mol. The summed E-state index contributed by atoms with van der Waals surface area (Å²) >= 11 is 1.65. The monoisotopic (exact) mass is 412 g/mol. The second-order valence-electron chi connectivity index (χ2n) is 7.31. The molecule has 0 unspecified atom stereocenters. The number of benzene rings is 3. The van der Waals surface area contributed by atoms with Gasteiger partial charge in [0.25, 0.3) is 0 Å². The highest BCUT2D eigenvalue weighted by Gasteiger charge is 2.23. The molecule has 4 heteroatoms. The SMILES string of the molecule is Cc1ccccc1-c1nc(C)c(CNC(=O)C(c2ccccc2)c2ccccc2)s1. The van der Waals surface area contributed by atoms with Crippen molar-refractivity contribution in [2.75, 3.05) is 0 Å². The lowest BCUT2D eigenvalue weighted by molar-refractivity contribution is -0.121. The number of aryl methyl sites for hydroxylation is 2. The predicted molar refractivity (Wildman–Crippen MR) is 124 cm³/mol. The number of aromatic nitrogens is 1. The molecule has 3 nitrogen and oxygen atoms in total. The molecule has 0 saturated heterocycles. The van der Waals surface area contributed by atoms with E-state index in [1.807, 2.05) is 79.7 Å². The van der Waals surface area contributed by atoms with Gasteiger partial charge in [-0.3, -0.25) is 4.79 Å². The van der Waals surface area contributed by atoms with Crippen molar-refractivity contribution in [3.8, 4) is 10.6 Å². The molecule has 0 aliphatic rings. The maximum atomic E-state index is 13.2. The van der Waals surface area contributed by atoms with Crippen LogP contribution >= 0.6 is 11.3 Å². The van der Waals surface area contributed by atoms with E-state index in [2.05, 4.69) is 24.4 Å². The molecule has 1 amide bonds. The summed E-state index contributed by atoms with van der Waals surface area (Å²) in [5.74, 6) is -0.339. The summed E-state index contributed by atoms with van der Waals surface area (Å²) < 4.78 is 0. The van der Waals surface area contributed by atoms with Crippen molar-refractivity contribution in [1.29, 1.82) is 0 Å². The van der Waals surface area contributed by atoms with Crippen molar-refractivity contribution in [3.05, 3.63) is 112 Å². The van der Waals surface area contributed by atoms with Gasteiger partial charge < -0.3 is 5.32 Å². The second kappa shape index (κ2) is 9.06. The molecule has 0 spiro atoms. The van der Waals surface area contributed by atoms with Crippen LogP contribution < -0.4 is 5.32 Å². The molecule has 0 atom stereocenters. The number of amides is 1. The lowest BCUT2D eigenvalue weighted by Crippen LogP contribution is -2.29. The molecule has 30 heavy (non-hydrogen) atoms. The Bertz CT molecular complexity index is 1100. The summed E-state index contributed by atoms with van der Waals surface area (Å²) in [6.07, 6.45) is 0. The summed E-state index contributed by atoms with van der Waals surface area (Å²) in [7, 11) is 0. The molecule has 0 aliphatic carbocycles. The minimum absolute atomic E-state index is 0.00218. The third kappa shape index (κ3) is 4.34. The first-order valence-electron chi connectivity index (χ1n) is 10.0. The van der Waals surface area contributed by atoms with Crippen molar-refractivity contribution in [3.63, 3.8) is 0 Å². The van der Waals surface area contributed by atoms with Crippen molar-refractivity contribution in [2.24, 2.45) is 0 Å². The summed E-state index contributed by atoms with van der Waals surface area (Å²) in [4.78, 5) is 19.1. The van der Waals surface area contributed by atoms with E-state index in [-0.39, 0.29) is 11.8 Å². The first-order valence-corrected chi connectivity index (χ1v) is 10.8. The van der Waals surface area contributed by atoms with E-state index < -0.39 is 0 Å². The minimum atomic E-state index is -0.337. The maximum Gasteiger partial charge on any atom is 0.232 e. The van der Waals surface area contributed by atoms with Gasteiger partial charge in [-0.1, -0.05) is 84.9 Å². The minimum Gasteiger partial charge on any atom is -0.350 e.